The zero-order valence-electron chi connectivity index (χ0n) is 12.9. The maximum atomic E-state index is 13.6. The molecular formula is C17H13F3N2O2. The van der Waals surface area contributed by atoms with Crippen molar-refractivity contribution in [3.05, 3.63) is 70.7 Å². The molecule has 0 unspecified atom stereocenters. The van der Waals surface area contributed by atoms with Crippen molar-refractivity contribution < 1.29 is 22.6 Å². The van der Waals surface area contributed by atoms with Crippen LogP contribution < -0.4 is 9.47 Å². The third kappa shape index (κ3) is 2.84. The summed E-state index contributed by atoms with van der Waals surface area (Å²) in [7, 11) is 0. The van der Waals surface area contributed by atoms with Gasteiger partial charge in [-0.1, -0.05) is 0 Å². The molecule has 0 N–H and O–H groups in total. The summed E-state index contributed by atoms with van der Waals surface area (Å²) in [5.74, 6) is -1.28. The zero-order valence-corrected chi connectivity index (χ0v) is 12.9. The van der Waals surface area contributed by atoms with Crippen LogP contribution in [0.25, 0.3) is 5.83 Å². The molecule has 4 nitrogen and oxygen atoms in total. The Morgan fingerprint density at radius 2 is 1.92 bits per heavy atom. The van der Waals surface area contributed by atoms with Crippen LogP contribution in [0.1, 0.15) is 30.7 Å². The minimum Gasteiger partial charge on any atom is -0.618 e. The number of pyridine rings is 1. The Morgan fingerprint density at radius 1 is 1.17 bits per heavy atom. The molecule has 0 spiro atoms. The number of nitrogens with zero attached hydrogens (tertiary/aromatic N) is 2. The van der Waals surface area contributed by atoms with E-state index in [0.29, 0.717) is 10.5 Å². The highest BCUT2D eigenvalue weighted by molar-refractivity contribution is 6.13. The molecule has 1 aromatic heterocycles. The minimum atomic E-state index is -2.41. The van der Waals surface area contributed by atoms with Crippen LogP contribution in [0, 0.1) is 5.21 Å². The van der Waals surface area contributed by atoms with Gasteiger partial charge in [0.15, 0.2) is 17.7 Å². The highest BCUT2D eigenvalue weighted by atomic mass is 19.3. The summed E-state index contributed by atoms with van der Waals surface area (Å²) in [4.78, 5) is 4.38. The monoisotopic (exact) mass is 334 g/mol. The molecule has 2 aromatic rings. The first-order valence-electron chi connectivity index (χ1n) is 7.11. The molecule has 1 aromatic carbocycles. The first-order valence-corrected chi connectivity index (χ1v) is 7.11. The van der Waals surface area contributed by atoms with Gasteiger partial charge in [0.2, 0.25) is 5.69 Å². The van der Waals surface area contributed by atoms with Crippen molar-refractivity contribution in [2.45, 2.75) is 19.6 Å². The van der Waals surface area contributed by atoms with Gasteiger partial charge in [-0.3, -0.25) is 0 Å². The summed E-state index contributed by atoms with van der Waals surface area (Å²) >= 11 is 0. The van der Waals surface area contributed by atoms with Crippen molar-refractivity contribution in [2.24, 2.45) is 4.99 Å². The second kappa shape index (κ2) is 5.67. The molecule has 3 rings (SSSR count). The van der Waals surface area contributed by atoms with E-state index in [2.05, 4.69) is 4.99 Å². The molecule has 0 atom stereocenters. The van der Waals surface area contributed by atoms with Gasteiger partial charge in [0.05, 0.1) is 0 Å². The van der Waals surface area contributed by atoms with Crippen LogP contribution in [0.5, 0.6) is 5.75 Å². The van der Waals surface area contributed by atoms with Crippen LogP contribution in [-0.4, -0.2) is 11.4 Å². The van der Waals surface area contributed by atoms with E-state index in [4.69, 9.17) is 4.74 Å². The number of ether oxygens (including phenoxy) is 1. The molecule has 1 aliphatic rings. The van der Waals surface area contributed by atoms with Crippen molar-refractivity contribution in [3.8, 4) is 5.75 Å². The lowest BCUT2D eigenvalue weighted by Gasteiger charge is -2.29. The summed E-state index contributed by atoms with van der Waals surface area (Å²) in [6, 6.07) is 8.54. The number of aliphatic imine (C=N–C) groups is 1. The normalized spacial score (nSPS) is 15.1. The van der Waals surface area contributed by atoms with E-state index in [1.54, 1.807) is 32.0 Å². The Labute approximate surface area is 136 Å². The molecule has 0 aliphatic carbocycles. The number of aromatic nitrogens is 1. The van der Waals surface area contributed by atoms with E-state index >= 15 is 0 Å². The molecule has 1 aliphatic heterocycles. The van der Waals surface area contributed by atoms with Gasteiger partial charge in [0, 0.05) is 23.3 Å². The summed E-state index contributed by atoms with van der Waals surface area (Å²) in [6.45, 7) is 3.40. The molecule has 0 fully saturated rings. The number of halogens is 3. The van der Waals surface area contributed by atoms with Gasteiger partial charge in [-0.15, -0.1) is 0 Å². The highest BCUT2D eigenvalue weighted by Gasteiger charge is 2.32. The van der Waals surface area contributed by atoms with Crippen LogP contribution >= 0.6 is 0 Å². The fourth-order valence-electron chi connectivity index (χ4n) is 2.48. The van der Waals surface area contributed by atoms with Gasteiger partial charge in [-0.25, -0.2) is 9.38 Å². The molecular weight excluding hydrogens is 321 g/mol. The second-order valence-electron chi connectivity index (χ2n) is 5.71. The smallest absolute Gasteiger partial charge is 0.306 e. The van der Waals surface area contributed by atoms with Crippen molar-refractivity contribution in [1.82, 2.24) is 0 Å². The molecule has 24 heavy (non-hydrogen) atoms. The fraction of sp³-hybridized carbons (Fsp3) is 0.176. The number of benzene rings is 1. The lowest BCUT2D eigenvalue weighted by molar-refractivity contribution is -0.606. The maximum absolute atomic E-state index is 13.6. The topological polar surface area (TPSA) is 48.5 Å². The molecule has 0 amide bonds. The summed E-state index contributed by atoms with van der Waals surface area (Å²) < 4.78 is 44.9. The molecule has 0 radical (unpaired) electrons. The molecule has 0 saturated carbocycles. The minimum absolute atomic E-state index is 0.220. The van der Waals surface area contributed by atoms with Crippen LogP contribution in [0.3, 0.4) is 0 Å². The van der Waals surface area contributed by atoms with Gasteiger partial charge in [-0.2, -0.15) is 13.5 Å². The average Bonchev–Trinajstić information content (AvgIpc) is 2.52. The molecule has 0 bridgehead atoms. The summed E-state index contributed by atoms with van der Waals surface area (Å²) in [5, 5.41) is 12.1. The van der Waals surface area contributed by atoms with E-state index in [9.17, 15) is 18.4 Å². The van der Waals surface area contributed by atoms with E-state index in [-0.39, 0.29) is 22.5 Å². The van der Waals surface area contributed by atoms with E-state index in [1.165, 1.54) is 24.4 Å². The largest absolute Gasteiger partial charge is 0.618 e. The van der Waals surface area contributed by atoms with Crippen molar-refractivity contribution in [1.29, 1.82) is 0 Å². The predicted octanol–water partition coefficient (Wildman–Crippen LogP) is 3.82. The van der Waals surface area contributed by atoms with Crippen molar-refractivity contribution in [3.63, 3.8) is 0 Å². The van der Waals surface area contributed by atoms with E-state index < -0.39 is 17.6 Å². The first kappa shape index (κ1) is 16.0. The molecule has 124 valence electrons. The Balaban J connectivity index is 2.23. The number of fused-ring (bicyclic) bond motifs is 1. The van der Waals surface area contributed by atoms with Gasteiger partial charge < -0.3 is 9.94 Å². The van der Waals surface area contributed by atoms with Crippen molar-refractivity contribution >= 4 is 11.5 Å². The van der Waals surface area contributed by atoms with Crippen molar-refractivity contribution in [2.75, 3.05) is 0 Å². The van der Waals surface area contributed by atoms with E-state index in [1.807, 2.05) is 0 Å². The lowest BCUT2D eigenvalue weighted by Crippen LogP contribution is -2.39. The standard InChI is InChI=1S/C17H13F3N2O2/c1-17(2)21-15(12-5-3-4-8-22(12)23)11-9-10(14(18)16(19)20)6-7-13(11)24-17/h3-9H,1-2H3. The third-order valence-electron chi connectivity index (χ3n) is 3.46. The Kier molecular flexibility index (Phi) is 3.79. The Hall–Kier alpha value is -2.83. The second-order valence-corrected chi connectivity index (χ2v) is 5.71. The maximum Gasteiger partial charge on any atom is 0.306 e. The zero-order chi connectivity index (χ0) is 17.5. The number of rotatable bonds is 2. The summed E-state index contributed by atoms with van der Waals surface area (Å²) in [5.41, 5.74) is -0.507. The van der Waals surface area contributed by atoms with E-state index in [0.717, 1.165) is 0 Å². The first-order chi connectivity index (χ1) is 11.3. The summed E-state index contributed by atoms with van der Waals surface area (Å²) in [6.07, 6.45) is -1.12. The lowest BCUT2D eigenvalue weighted by atomic mass is 9.99. The fourth-order valence-corrected chi connectivity index (χ4v) is 2.48. The van der Waals surface area contributed by atoms with Crippen LogP contribution in [-0.2, 0) is 0 Å². The molecule has 0 saturated heterocycles. The van der Waals surface area contributed by atoms with Crippen LogP contribution in [0.4, 0.5) is 13.2 Å². The van der Waals surface area contributed by atoms with Crippen LogP contribution in [0.15, 0.2) is 53.7 Å². The third-order valence-corrected chi connectivity index (χ3v) is 3.46. The highest BCUT2D eigenvalue weighted by Crippen LogP contribution is 2.35. The average molecular weight is 334 g/mol. The Bertz CT molecular complexity index is 872. The quantitative estimate of drug-likeness (QED) is 0.619. The number of hydrogen-bond acceptors (Lipinski definition) is 3. The molecule has 2 heterocycles. The van der Waals surface area contributed by atoms with Gasteiger partial charge in [0.1, 0.15) is 11.5 Å². The van der Waals surface area contributed by atoms with Gasteiger partial charge >= 0.3 is 6.08 Å². The predicted molar refractivity (Wildman–Crippen MR) is 82.4 cm³/mol. The van der Waals surface area contributed by atoms with Gasteiger partial charge in [-0.05, 0) is 38.1 Å². The number of hydrogen-bond donors (Lipinski definition) is 0. The van der Waals surface area contributed by atoms with Crippen LogP contribution in [0.2, 0.25) is 0 Å². The Morgan fingerprint density at radius 3 is 2.58 bits per heavy atom. The molecule has 7 heteroatoms. The SMILES string of the molecule is CC1(C)N=C(c2cccc[n+]2[O-])c2cc(C(F)=C(F)F)ccc2O1. The van der Waals surface area contributed by atoms with Gasteiger partial charge in [0.25, 0.3) is 0 Å².